The van der Waals surface area contributed by atoms with Crippen LogP contribution in [0.25, 0.3) is 0 Å². The monoisotopic (exact) mass is 484 g/mol. The summed E-state index contributed by atoms with van der Waals surface area (Å²) in [5, 5.41) is 3.44. The van der Waals surface area contributed by atoms with Crippen molar-refractivity contribution in [3.05, 3.63) is 14.9 Å². The first-order chi connectivity index (χ1) is 12.6. The average molecular weight is 485 g/mol. The minimum atomic E-state index is 0. The van der Waals surface area contributed by atoms with Gasteiger partial charge in [-0.05, 0) is 71.0 Å². The number of Topliss-reactive ketones (excluding diaryl/α,β-unsaturated/α-hetero) is 1. The summed E-state index contributed by atoms with van der Waals surface area (Å²) >= 11 is 0. The summed E-state index contributed by atoms with van der Waals surface area (Å²) in [5.74, 6) is 1.86. The molecule has 2 saturated heterocycles. The molecule has 0 bridgehead atoms. The number of nitrogens with one attached hydrogen (secondary N) is 1. The zero-order valence-corrected chi connectivity index (χ0v) is 22.6. The molecule has 1 N–H and O–H groups in total. The quantitative estimate of drug-likeness (QED) is 0.608. The zero-order valence-electron chi connectivity index (χ0n) is 19.7. The topological polar surface area (TPSA) is 52.7 Å². The van der Waals surface area contributed by atoms with E-state index in [2.05, 4.69) is 15.1 Å². The number of rotatable bonds is 5. The van der Waals surface area contributed by atoms with E-state index in [-0.39, 0.29) is 59.4 Å². The van der Waals surface area contributed by atoms with Crippen molar-refractivity contribution in [2.75, 3.05) is 45.8 Å². The second kappa shape index (κ2) is 16.8. The van der Waals surface area contributed by atoms with E-state index in [9.17, 15) is 9.59 Å². The van der Waals surface area contributed by atoms with Gasteiger partial charge >= 0.3 is 0 Å². The van der Waals surface area contributed by atoms with E-state index in [1.165, 1.54) is 32.5 Å². The third kappa shape index (κ3) is 9.88. The number of amides is 1. The maximum absolute atomic E-state index is 12.7. The molecule has 6 heteroatoms. The van der Waals surface area contributed by atoms with Crippen molar-refractivity contribution in [1.29, 1.82) is 0 Å². The molecule has 3 rings (SSSR count). The second-order valence-corrected chi connectivity index (χ2v) is 7.97. The number of carbonyl (C=O) groups is 2. The van der Waals surface area contributed by atoms with Crippen LogP contribution in [0, 0.1) is 32.6 Å². The maximum Gasteiger partial charge on any atom is 0.225 e. The van der Waals surface area contributed by atoms with Crippen molar-refractivity contribution >= 4 is 11.7 Å². The summed E-state index contributed by atoms with van der Waals surface area (Å²) in [6.45, 7) is 13.0. The van der Waals surface area contributed by atoms with Gasteiger partial charge in [0.2, 0.25) is 5.91 Å². The number of nitrogens with zero attached hydrogens (tertiary/aromatic N) is 2. The summed E-state index contributed by atoms with van der Waals surface area (Å²) in [5.41, 5.74) is 0. The van der Waals surface area contributed by atoms with Crippen LogP contribution >= 0.6 is 0 Å². The van der Waals surface area contributed by atoms with Gasteiger partial charge in [-0.2, -0.15) is 0 Å². The summed E-state index contributed by atoms with van der Waals surface area (Å²) in [6, 6.07) is 0. The molecule has 1 aliphatic carbocycles. The molecule has 0 aromatic carbocycles. The Bertz CT molecular complexity index is 439. The predicted octanol–water partition coefficient (Wildman–Crippen LogP) is 3.45. The standard InChI is InChI=1S/C19H33N3O2.C2H6.2CH3.Y/c1-15(23)17-2-4-18(5-3-17)19(24)22-12-10-21(11-13-22)9-7-16-6-8-20-14-16;1-2;;;/h16-18,20H,2-14H2,1H3;1-2H3;2*1H3;/q;;2*-1;. The molecule has 0 spiro atoms. The summed E-state index contributed by atoms with van der Waals surface area (Å²) in [4.78, 5) is 28.8. The van der Waals surface area contributed by atoms with Gasteiger partial charge in [0.25, 0.3) is 0 Å². The fourth-order valence-electron chi connectivity index (χ4n) is 4.52. The van der Waals surface area contributed by atoms with Crippen molar-refractivity contribution in [3.8, 4) is 0 Å². The zero-order chi connectivity index (χ0) is 18.9. The van der Waals surface area contributed by atoms with E-state index >= 15 is 0 Å². The Balaban J connectivity index is 0. The van der Waals surface area contributed by atoms with Gasteiger partial charge in [0.1, 0.15) is 5.78 Å². The Kier molecular flexibility index (Phi) is 18.2. The Morgan fingerprint density at radius 3 is 1.93 bits per heavy atom. The Labute approximate surface area is 206 Å². The molecule has 29 heavy (non-hydrogen) atoms. The van der Waals surface area contributed by atoms with Crippen LogP contribution in [0.15, 0.2) is 0 Å². The maximum atomic E-state index is 12.7. The Hall–Kier alpha value is 0.164. The van der Waals surface area contributed by atoms with Crippen LogP contribution in [-0.4, -0.2) is 67.3 Å². The molecular weight excluding hydrogens is 439 g/mol. The third-order valence-electron chi connectivity index (χ3n) is 6.35. The molecule has 2 aliphatic heterocycles. The third-order valence-corrected chi connectivity index (χ3v) is 6.35. The van der Waals surface area contributed by atoms with Gasteiger partial charge in [-0.1, -0.05) is 13.8 Å². The molecule has 1 radical (unpaired) electrons. The average Bonchev–Trinajstić information content (AvgIpc) is 3.21. The van der Waals surface area contributed by atoms with Gasteiger partial charge in [0.15, 0.2) is 0 Å². The molecule has 3 aliphatic rings. The number of hydrogen-bond acceptors (Lipinski definition) is 4. The molecule has 1 atom stereocenters. The fourth-order valence-corrected chi connectivity index (χ4v) is 4.52. The number of hydrogen-bond donors (Lipinski definition) is 1. The molecule has 2 heterocycles. The minimum absolute atomic E-state index is 0. The van der Waals surface area contributed by atoms with Crippen molar-refractivity contribution < 1.29 is 42.3 Å². The molecule has 5 nitrogen and oxygen atoms in total. The first-order valence-electron chi connectivity index (χ1n) is 10.9. The van der Waals surface area contributed by atoms with Crippen molar-refractivity contribution in [2.45, 2.75) is 59.3 Å². The first kappa shape index (κ1) is 31.4. The van der Waals surface area contributed by atoms with Crippen LogP contribution < -0.4 is 5.32 Å². The molecule has 0 aromatic heterocycles. The van der Waals surface area contributed by atoms with Crippen molar-refractivity contribution in [3.63, 3.8) is 0 Å². The molecular formula is C23H45N3O2Y-2. The van der Waals surface area contributed by atoms with Crippen LogP contribution in [0.1, 0.15) is 59.3 Å². The fraction of sp³-hybridized carbons (Fsp3) is 0.826. The SMILES string of the molecule is CC.CC(=O)C1CCC(C(=O)N2CCN(CCC3CCNC3)CC2)CC1.[CH3-].[CH3-].[Y]. The van der Waals surface area contributed by atoms with Crippen LogP contribution in [-0.2, 0) is 42.3 Å². The van der Waals surface area contributed by atoms with Crippen LogP contribution in [0.4, 0.5) is 0 Å². The van der Waals surface area contributed by atoms with Crippen LogP contribution in [0.5, 0.6) is 0 Å². The molecule has 3 fully saturated rings. The first-order valence-corrected chi connectivity index (χ1v) is 10.9. The van der Waals surface area contributed by atoms with Gasteiger partial charge in [0.05, 0.1) is 0 Å². The molecule has 169 valence electrons. The van der Waals surface area contributed by atoms with E-state index in [1.54, 1.807) is 6.92 Å². The van der Waals surface area contributed by atoms with Gasteiger partial charge in [-0.3, -0.25) is 14.5 Å². The van der Waals surface area contributed by atoms with E-state index in [0.29, 0.717) is 11.7 Å². The van der Waals surface area contributed by atoms with Crippen molar-refractivity contribution in [1.82, 2.24) is 15.1 Å². The van der Waals surface area contributed by atoms with E-state index in [1.807, 2.05) is 13.8 Å². The van der Waals surface area contributed by atoms with Gasteiger partial charge < -0.3 is 25.1 Å². The second-order valence-electron chi connectivity index (χ2n) is 7.97. The summed E-state index contributed by atoms with van der Waals surface area (Å²) < 4.78 is 0. The molecule has 0 aromatic rings. The molecule has 1 unspecified atom stereocenters. The summed E-state index contributed by atoms with van der Waals surface area (Å²) in [6.07, 6.45) is 6.22. The summed E-state index contributed by atoms with van der Waals surface area (Å²) in [7, 11) is 0. The van der Waals surface area contributed by atoms with Crippen LogP contribution in [0.3, 0.4) is 0 Å². The smallest absolute Gasteiger partial charge is 0.225 e. The van der Waals surface area contributed by atoms with E-state index in [0.717, 1.165) is 57.8 Å². The van der Waals surface area contributed by atoms with Crippen LogP contribution in [0.2, 0.25) is 0 Å². The minimum Gasteiger partial charge on any atom is -0.358 e. The molecule has 1 saturated carbocycles. The van der Waals surface area contributed by atoms with Gasteiger partial charge in [-0.15, -0.1) is 0 Å². The van der Waals surface area contributed by atoms with Crippen molar-refractivity contribution in [2.24, 2.45) is 17.8 Å². The van der Waals surface area contributed by atoms with E-state index in [4.69, 9.17) is 0 Å². The predicted molar refractivity (Wildman–Crippen MR) is 119 cm³/mol. The Morgan fingerprint density at radius 1 is 0.897 bits per heavy atom. The number of piperazine rings is 1. The largest absolute Gasteiger partial charge is 0.358 e. The number of ketones is 1. The van der Waals surface area contributed by atoms with E-state index < -0.39 is 0 Å². The van der Waals surface area contributed by atoms with Gasteiger partial charge in [0, 0.05) is 70.7 Å². The normalized spacial score (nSPS) is 26.7. The number of carbonyl (C=O) groups excluding carboxylic acids is 2. The molecule has 1 amide bonds. The Morgan fingerprint density at radius 2 is 1.45 bits per heavy atom. The van der Waals surface area contributed by atoms with Gasteiger partial charge in [-0.25, -0.2) is 0 Å².